The van der Waals surface area contributed by atoms with Crippen molar-refractivity contribution in [3.63, 3.8) is 0 Å². The van der Waals surface area contributed by atoms with Crippen molar-refractivity contribution in [3.05, 3.63) is 47.5 Å². The first kappa shape index (κ1) is 66.5. The van der Waals surface area contributed by atoms with Gasteiger partial charge in [0.25, 0.3) is 0 Å². The normalized spacial score (nSPS) is 11.6. The zero-order valence-corrected chi connectivity index (χ0v) is 48.6. The van der Waals surface area contributed by atoms with Crippen molar-refractivity contribution < 1.29 is 185 Å². The quantitative estimate of drug-likeness (QED) is 0.0113. The molecule has 0 saturated heterocycles. The smallest absolute Gasteiger partial charge is 0.748 e. The van der Waals surface area contributed by atoms with Crippen LogP contribution < -0.4 is 150 Å². The number of rotatable bonds is 28. The number of hydrogen-bond acceptors (Lipinski definition) is 27. The zero-order chi connectivity index (χ0) is 47.0. The Morgan fingerprint density at radius 3 is 1.24 bits per heavy atom. The Hall–Kier alpha value is -1.48. The molecule has 2 aromatic heterocycles. The van der Waals surface area contributed by atoms with Gasteiger partial charge in [0.15, 0.2) is 0 Å². The van der Waals surface area contributed by atoms with Crippen LogP contribution in [0.15, 0.2) is 46.2 Å². The second-order valence-corrected chi connectivity index (χ2v) is 18.7. The number of aliphatic hydroxyl groups is 2. The van der Waals surface area contributed by atoms with Crippen LogP contribution in [0.3, 0.4) is 0 Å². The van der Waals surface area contributed by atoms with Gasteiger partial charge in [0, 0.05) is 44.2 Å². The van der Waals surface area contributed by atoms with E-state index < -0.39 is 61.8 Å². The molecule has 4 rings (SSSR count). The predicted molar refractivity (Wildman–Crippen MR) is 226 cm³/mol. The van der Waals surface area contributed by atoms with Gasteiger partial charge in [-0.25, -0.2) is 33.7 Å². The molecule has 35 heteroatoms. The Morgan fingerprint density at radius 2 is 0.868 bits per heavy atom. The van der Waals surface area contributed by atoms with Gasteiger partial charge in [0.05, 0.1) is 61.4 Å². The van der Waals surface area contributed by atoms with E-state index in [1.54, 1.807) is 0 Å². The molecule has 0 aliphatic heterocycles. The molecule has 68 heavy (non-hydrogen) atoms. The number of benzene rings is 2. The fourth-order valence-corrected chi connectivity index (χ4v) is 7.24. The van der Waals surface area contributed by atoms with Crippen molar-refractivity contribution >= 4 is 99.7 Å². The van der Waals surface area contributed by atoms with Crippen LogP contribution in [-0.2, 0) is 45.2 Å². The predicted octanol–water partition coefficient (Wildman–Crippen LogP) is -12.6. The summed E-state index contributed by atoms with van der Waals surface area (Å²) in [4.78, 5) is 23.2. The van der Waals surface area contributed by atoms with Gasteiger partial charge < -0.3 is 65.1 Å². The van der Waals surface area contributed by atoms with Gasteiger partial charge in [-0.2, -0.15) is 29.9 Å². The molecular formula is C33H42N12Na4O15S4. The summed E-state index contributed by atoms with van der Waals surface area (Å²) in [6, 6.07) is 6.85. The molecule has 0 aliphatic carbocycles. The van der Waals surface area contributed by atoms with E-state index in [0.29, 0.717) is 25.8 Å². The number of unbranched alkanes of at least 4 members (excludes halogenated alkanes) is 2. The third-order valence-corrected chi connectivity index (χ3v) is 11.1. The molecule has 0 amide bonds. The minimum atomic E-state index is -5.24. The van der Waals surface area contributed by atoms with E-state index in [-0.39, 0.29) is 222 Å². The van der Waals surface area contributed by atoms with Gasteiger partial charge in [-0.1, -0.05) is 24.3 Å². The first-order chi connectivity index (χ1) is 30.1. The molecule has 0 bridgehead atoms. The molecule has 0 aliphatic rings. The summed E-state index contributed by atoms with van der Waals surface area (Å²) in [5, 5.41) is 34.2. The molecular weight excluding hydrogens is 1020 g/mol. The van der Waals surface area contributed by atoms with Crippen LogP contribution >= 0.6 is 0 Å². The number of nitrogens with one attached hydrogen (secondary N) is 6. The van der Waals surface area contributed by atoms with Crippen molar-refractivity contribution in [2.75, 3.05) is 96.0 Å². The molecule has 0 radical (unpaired) electrons. The van der Waals surface area contributed by atoms with Crippen molar-refractivity contribution in [1.82, 2.24) is 29.9 Å². The molecule has 2 heterocycles. The van der Waals surface area contributed by atoms with Crippen LogP contribution in [0.4, 0.5) is 47.1 Å². The van der Waals surface area contributed by atoms with E-state index >= 15 is 0 Å². The minimum Gasteiger partial charge on any atom is -0.748 e. The summed E-state index contributed by atoms with van der Waals surface area (Å²) in [5.41, 5.74) is -0.534. The maximum Gasteiger partial charge on any atom is 1.00 e. The topological polar surface area (TPSA) is 428 Å². The SMILES string of the molecule is O=S(=O)([O-])CCNc1nc(NCCCCCO)nc(Nc2ccc(C=Cc3ccc(Nc4nc(NCCOCCO)nc(NCCS(=O)(=O)[O-])n4)cc3S(=O)(=O)[O-])c(S(=O)(=O)[O-])c2)n1.[Na+].[Na+].[Na+].[Na+]. The molecule has 27 nitrogen and oxygen atoms in total. The average molecular weight is 1070 g/mol. The minimum absolute atomic E-state index is 0. The molecule has 0 fully saturated rings. The summed E-state index contributed by atoms with van der Waals surface area (Å²) >= 11 is 0. The summed E-state index contributed by atoms with van der Waals surface area (Å²) in [7, 11) is -19.6. The third-order valence-electron chi connectivity index (χ3n) is 7.94. The van der Waals surface area contributed by atoms with Crippen LogP contribution in [0.1, 0.15) is 30.4 Å². The second kappa shape index (κ2) is 31.9. The molecule has 0 unspecified atom stereocenters. The zero-order valence-electron chi connectivity index (χ0n) is 37.3. The van der Waals surface area contributed by atoms with Gasteiger partial charge in [-0.3, -0.25) is 0 Å². The Bertz CT molecular complexity index is 2540. The van der Waals surface area contributed by atoms with Gasteiger partial charge in [-0.05, 0) is 54.7 Å². The summed E-state index contributed by atoms with van der Waals surface area (Å²) in [6.45, 7) is -0.282. The molecule has 4 aromatic rings. The van der Waals surface area contributed by atoms with E-state index in [1.807, 2.05) is 0 Å². The van der Waals surface area contributed by atoms with Crippen molar-refractivity contribution in [3.8, 4) is 0 Å². The number of hydrogen-bond donors (Lipinski definition) is 8. The van der Waals surface area contributed by atoms with Gasteiger partial charge >= 0.3 is 118 Å². The third kappa shape index (κ3) is 25.3. The van der Waals surface area contributed by atoms with Crippen LogP contribution in [0, 0.1) is 0 Å². The number of ether oxygens (including phenoxy) is 1. The standard InChI is InChI=1S/C33H46N12O15S4.4Na/c46-14-3-1-2-10-34-28-40-30(36-12-18-61(48,49)50)44-32(42-28)38-24-8-6-22(26(20-24)63(54,55)56)4-5-23-7-9-25(21-27(23)64(57,58)59)39-33-43-29(35-11-16-60-17-15-47)41-31(45-33)37-13-19-62(51,52)53;;;;/h4-9,20-21,46-47H,1-3,10-19H2,(H,48,49,50)(H,51,52,53)(H,54,55,56)(H,57,58,59)(H3,34,36,38,40,42,44)(H3,35,37,39,41,43,45);;;;/q;4*+1/p-4. The van der Waals surface area contributed by atoms with Crippen LogP contribution in [0.2, 0.25) is 0 Å². The maximum atomic E-state index is 12.5. The average Bonchev–Trinajstić information content (AvgIpc) is 3.19. The fraction of sp³-hybridized carbons (Fsp3) is 0.394. The van der Waals surface area contributed by atoms with Crippen LogP contribution in [0.5, 0.6) is 0 Å². The van der Waals surface area contributed by atoms with Crippen LogP contribution in [0.25, 0.3) is 12.2 Å². The first-order valence-electron chi connectivity index (χ1n) is 18.7. The van der Waals surface area contributed by atoms with E-state index in [2.05, 4.69) is 61.8 Å². The van der Waals surface area contributed by atoms with E-state index in [9.17, 15) is 51.9 Å². The van der Waals surface area contributed by atoms with Crippen molar-refractivity contribution in [1.29, 1.82) is 0 Å². The fourth-order valence-electron chi connectivity index (χ4n) is 5.14. The van der Waals surface area contributed by atoms with E-state index in [1.165, 1.54) is 24.3 Å². The molecule has 2 aromatic carbocycles. The number of aromatic nitrogens is 6. The Morgan fingerprint density at radius 1 is 0.485 bits per heavy atom. The second-order valence-electron chi connectivity index (χ2n) is 13.0. The molecule has 0 saturated carbocycles. The number of aliphatic hydroxyl groups excluding tert-OH is 2. The van der Waals surface area contributed by atoms with Crippen LogP contribution in [-0.4, -0.2) is 156 Å². The van der Waals surface area contributed by atoms with Crippen molar-refractivity contribution in [2.24, 2.45) is 0 Å². The van der Waals surface area contributed by atoms with Crippen molar-refractivity contribution in [2.45, 2.75) is 29.1 Å². The summed E-state index contributed by atoms with van der Waals surface area (Å²) < 4.78 is 146. The monoisotopic (exact) mass is 1070 g/mol. The molecule has 0 atom stereocenters. The number of anilines is 8. The first-order valence-corrected chi connectivity index (χ1v) is 24.7. The molecule has 352 valence electrons. The van der Waals surface area contributed by atoms with Gasteiger partial charge in [0.2, 0.25) is 35.7 Å². The summed E-state index contributed by atoms with van der Waals surface area (Å²) in [6.07, 6.45) is 4.00. The Balaban J connectivity index is 0.0000112. The Kier molecular flexibility index (Phi) is 31.2. The van der Waals surface area contributed by atoms with Gasteiger partial charge in [-0.15, -0.1) is 0 Å². The maximum absolute atomic E-state index is 12.5. The molecule has 8 N–H and O–H groups in total. The van der Waals surface area contributed by atoms with E-state index in [0.717, 1.165) is 24.3 Å². The number of nitrogens with zero attached hydrogens (tertiary/aromatic N) is 6. The molecule has 0 spiro atoms. The summed E-state index contributed by atoms with van der Waals surface area (Å²) in [5.74, 6) is -2.49. The van der Waals surface area contributed by atoms with Gasteiger partial charge in [0.1, 0.15) is 20.2 Å². The Labute approximate surface area is 481 Å². The largest absolute Gasteiger partial charge is 1.00 e. The van der Waals surface area contributed by atoms with E-state index in [4.69, 9.17) is 14.9 Å².